The Kier molecular flexibility index (Phi) is 4.18. The Morgan fingerprint density at radius 1 is 1.00 bits per heavy atom. The molecule has 0 radical (unpaired) electrons. The third-order valence-electron chi connectivity index (χ3n) is 6.12. The van der Waals surface area contributed by atoms with Crippen LogP contribution in [0.1, 0.15) is 62.0 Å². The molecule has 0 fully saturated rings. The molecule has 0 amide bonds. The zero-order valence-corrected chi connectivity index (χ0v) is 16.9. The fraction of sp³-hybridized carbons (Fsp3) is 0.333. The van der Waals surface area contributed by atoms with E-state index >= 15 is 0 Å². The van der Waals surface area contributed by atoms with E-state index in [2.05, 4.69) is 51.0 Å². The van der Waals surface area contributed by atoms with Crippen LogP contribution in [0.2, 0.25) is 0 Å². The lowest BCUT2D eigenvalue weighted by atomic mass is 9.61. The predicted octanol–water partition coefficient (Wildman–Crippen LogP) is 5.59. The molecule has 0 atom stereocenters. The van der Waals surface area contributed by atoms with E-state index in [1.165, 1.54) is 23.1 Å². The van der Waals surface area contributed by atoms with Gasteiger partial charge in [-0.1, -0.05) is 45.9 Å². The van der Waals surface area contributed by atoms with Crippen LogP contribution in [-0.4, -0.2) is 20.9 Å². The number of nitrogens with zero attached hydrogens (tertiary/aromatic N) is 2. The summed E-state index contributed by atoms with van der Waals surface area (Å²) in [6.07, 6.45) is 6.28. The standard InChI is InChI=1S/C24H26N2O2/c1-23(2)12-13-24(3,4)21-19(6-5-7-20(21)23)17-14-25-26(15-17)18-10-8-16(9-11-18)22(27)28/h5-11,14-15H,12-13H2,1-4H3,(H,27,28). The van der Waals surface area contributed by atoms with Crippen molar-refractivity contribution in [2.75, 3.05) is 0 Å². The first-order valence-electron chi connectivity index (χ1n) is 9.72. The molecule has 4 nitrogen and oxygen atoms in total. The number of benzene rings is 2. The molecule has 0 bridgehead atoms. The van der Waals surface area contributed by atoms with Crippen molar-refractivity contribution in [2.45, 2.75) is 51.4 Å². The highest BCUT2D eigenvalue weighted by atomic mass is 16.4. The Hall–Kier alpha value is -2.88. The molecular weight excluding hydrogens is 348 g/mol. The zero-order valence-electron chi connectivity index (χ0n) is 16.9. The van der Waals surface area contributed by atoms with Crippen LogP contribution < -0.4 is 0 Å². The topological polar surface area (TPSA) is 55.1 Å². The molecule has 0 saturated carbocycles. The summed E-state index contributed by atoms with van der Waals surface area (Å²) in [6.45, 7) is 9.33. The van der Waals surface area contributed by atoms with E-state index in [9.17, 15) is 4.79 Å². The molecule has 1 aliphatic carbocycles. The highest BCUT2D eigenvalue weighted by molar-refractivity contribution is 5.87. The maximum atomic E-state index is 11.1. The van der Waals surface area contributed by atoms with E-state index in [0.717, 1.165) is 17.7 Å². The Labute approximate surface area is 165 Å². The number of rotatable bonds is 3. The summed E-state index contributed by atoms with van der Waals surface area (Å²) in [7, 11) is 0. The SMILES string of the molecule is CC1(C)CCC(C)(C)c2c(-c3cnn(-c4ccc(C(=O)O)cc4)c3)cccc21. The molecule has 28 heavy (non-hydrogen) atoms. The quantitative estimate of drug-likeness (QED) is 0.650. The zero-order chi connectivity index (χ0) is 20.1. The van der Waals surface area contributed by atoms with Gasteiger partial charge in [-0.3, -0.25) is 0 Å². The summed E-state index contributed by atoms with van der Waals surface area (Å²) in [6, 6.07) is 13.4. The molecule has 1 aliphatic rings. The third-order valence-corrected chi connectivity index (χ3v) is 6.12. The molecular formula is C24H26N2O2. The summed E-state index contributed by atoms with van der Waals surface area (Å²) in [5, 5.41) is 13.6. The van der Waals surface area contributed by atoms with Gasteiger partial charge in [0.1, 0.15) is 0 Å². The minimum absolute atomic E-state index is 0.118. The molecule has 4 rings (SSSR count). The van der Waals surface area contributed by atoms with Crippen molar-refractivity contribution in [3.8, 4) is 16.8 Å². The van der Waals surface area contributed by atoms with E-state index in [4.69, 9.17) is 5.11 Å². The number of carboxylic acid groups (broad SMARTS) is 1. The highest BCUT2D eigenvalue weighted by Crippen LogP contribution is 2.49. The summed E-state index contributed by atoms with van der Waals surface area (Å²) in [5.41, 5.74) is 6.59. The molecule has 0 aliphatic heterocycles. The van der Waals surface area contributed by atoms with Gasteiger partial charge in [0.05, 0.1) is 17.4 Å². The number of hydrogen-bond donors (Lipinski definition) is 1. The van der Waals surface area contributed by atoms with E-state index < -0.39 is 5.97 Å². The van der Waals surface area contributed by atoms with Crippen molar-refractivity contribution in [2.24, 2.45) is 0 Å². The van der Waals surface area contributed by atoms with Gasteiger partial charge >= 0.3 is 5.97 Å². The summed E-state index contributed by atoms with van der Waals surface area (Å²) < 4.78 is 1.81. The predicted molar refractivity (Wildman–Crippen MR) is 111 cm³/mol. The second-order valence-electron chi connectivity index (χ2n) is 9.02. The minimum Gasteiger partial charge on any atom is -0.478 e. The second-order valence-corrected chi connectivity index (χ2v) is 9.02. The van der Waals surface area contributed by atoms with Crippen LogP contribution in [0.3, 0.4) is 0 Å². The molecule has 144 valence electrons. The van der Waals surface area contributed by atoms with Gasteiger partial charge in [-0.2, -0.15) is 5.10 Å². The van der Waals surface area contributed by atoms with Gasteiger partial charge in [0.25, 0.3) is 0 Å². The van der Waals surface area contributed by atoms with Gasteiger partial charge in [-0.05, 0) is 64.6 Å². The molecule has 0 saturated heterocycles. The molecule has 4 heteroatoms. The lowest BCUT2D eigenvalue weighted by Gasteiger charge is -2.43. The van der Waals surface area contributed by atoms with Gasteiger partial charge in [0.15, 0.2) is 0 Å². The molecule has 1 heterocycles. The lowest BCUT2D eigenvalue weighted by molar-refractivity contribution is 0.0697. The van der Waals surface area contributed by atoms with Crippen LogP contribution in [0.25, 0.3) is 16.8 Å². The number of carbonyl (C=O) groups is 1. The van der Waals surface area contributed by atoms with Gasteiger partial charge in [0, 0.05) is 11.8 Å². The Balaban J connectivity index is 1.79. The van der Waals surface area contributed by atoms with Crippen molar-refractivity contribution in [3.63, 3.8) is 0 Å². The highest BCUT2D eigenvalue weighted by Gasteiger charge is 2.38. The molecule has 3 aromatic rings. The minimum atomic E-state index is -0.923. The van der Waals surface area contributed by atoms with Crippen LogP contribution in [0.4, 0.5) is 0 Å². The number of hydrogen-bond acceptors (Lipinski definition) is 2. The van der Waals surface area contributed by atoms with Crippen LogP contribution >= 0.6 is 0 Å². The van der Waals surface area contributed by atoms with Crippen molar-refractivity contribution < 1.29 is 9.90 Å². The van der Waals surface area contributed by atoms with Crippen molar-refractivity contribution in [1.82, 2.24) is 9.78 Å². The maximum Gasteiger partial charge on any atom is 0.335 e. The number of carboxylic acids is 1. The Morgan fingerprint density at radius 2 is 1.68 bits per heavy atom. The van der Waals surface area contributed by atoms with Gasteiger partial charge in [-0.15, -0.1) is 0 Å². The molecule has 0 spiro atoms. The first-order chi connectivity index (χ1) is 13.2. The van der Waals surface area contributed by atoms with E-state index in [0.29, 0.717) is 0 Å². The monoisotopic (exact) mass is 374 g/mol. The average Bonchev–Trinajstić information content (AvgIpc) is 3.15. The maximum absolute atomic E-state index is 11.1. The van der Waals surface area contributed by atoms with Gasteiger partial charge in [-0.25, -0.2) is 9.48 Å². The van der Waals surface area contributed by atoms with Gasteiger partial charge < -0.3 is 5.11 Å². The Morgan fingerprint density at radius 3 is 2.36 bits per heavy atom. The lowest BCUT2D eigenvalue weighted by Crippen LogP contribution is -2.34. The van der Waals surface area contributed by atoms with E-state index in [1.54, 1.807) is 28.9 Å². The number of aromatic nitrogens is 2. The van der Waals surface area contributed by atoms with E-state index in [-0.39, 0.29) is 16.4 Å². The van der Waals surface area contributed by atoms with Gasteiger partial charge in [0.2, 0.25) is 0 Å². The number of aromatic carboxylic acids is 1. The third kappa shape index (κ3) is 3.03. The summed E-state index contributed by atoms with van der Waals surface area (Å²) in [4.78, 5) is 11.1. The van der Waals surface area contributed by atoms with Crippen LogP contribution in [0.15, 0.2) is 54.9 Å². The Bertz CT molecular complexity index is 1040. The molecule has 1 aromatic heterocycles. The van der Waals surface area contributed by atoms with E-state index in [1.807, 2.05) is 12.4 Å². The first-order valence-corrected chi connectivity index (χ1v) is 9.72. The van der Waals surface area contributed by atoms with Crippen LogP contribution in [0.5, 0.6) is 0 Å². The van der Waals surface area contributed by atoms with Crippen molar-refractivity contribution >= 4 is 5.97 Å². The first kappa shape index (κ1) is 18.5. The van der Waals surface area contributed by atoms with Crippen molar-refractivity contribution in [1.29, 1.82) is 0 Å². The number of fused-ring (bicyclic) bond motifs is 1. The van der Waals surface area contributed by atoms with Crippen molar-refractivity contribution in [3.05, 3.63) is 71.5 Å². The molecule has 0 unspecified atom stereocenters. The second kappa shape index (κ2) is 6.33. The molecule has 2 aromatic carbocycles. The smallest absolute Gasteiger partial charge is 0.335 e. The van der Waals surface area contributed by atoms with Crippen LogP contribution in [0, 0.1) is 0 Å². The summed E-state index contributed by atoms with van der Waals surface area (Å²) >= 11 is 0. The average molecular weight is 374 g/mol. The fourth-order valence-corrected chi connectivity index (χ4v) is 4.33. The largest absolute Gasteiger partial charge is 0.478 e. The molecule has 1 N–H and O–H groups in total. The summed E-state index contributed by atoms with van der Waals surface area (Å²) in [5.74, 6) is -0.923. The fourth-order valence-electron chi connectivity index (χ4n) is 4.33. The van der Waals surface area contributed by atoms with Crippen LogP contribution in [-0.2, 0) is 10.8 Å². The normalized spacial score (nSPS) is 17.1.